The third-order valence-electron chi connectivity index (χ3n) is 14.5. The van der Waals surface area contributed by atoms with Crippen LogP contribution in [0.25, 0.3) is 0 Å². The van der Waals surface area contributed by atoms with Crippen LogP contribution in [0.5, 0.6) is 0 Å². The first-order chi connectivity index (χ1) is 21.7. The maximum absolute atomic E-state index is 14.4. The first kappa shape index (κ1) is 34.9. The van der Waals surface area contributed by atoms with E-state index in [4.69, 9.17) is 9.47 Å². The number of ketones is 1. The van der Waals surface area contributed by atoms with E-state index in [2.05, 4.69) is 26.8 Å². The number of carboxylic acids is 2. The molecule has 1 aliphatic heterocycles. The molecule has 0 radical (unpaired) electrons. The van der Waals surface area contributed by atoms with E-state index in [0.29, 0.717) is 19.3 Å². The molecule has 1 saturated heterocycles. The molecule has 0 amide bonds. The Morgan fingerprint density at radius 3 is 2.15 bits per heavy atom. The summed E-state index contributed by atoms with van der Waals surface area (Å²) in [4.78, 5) is 39.4. The molecule has 264 valence electrons. The number of hydrogen-bond donors (Lipinski definition) is 7. The highest BCUT2D eigenvalue weighted by atomic mass is 16.7. The van der Waals surface area contributed by atoms with Crippen molar-refractivity contribution < 1.29 is 59.6 Å². The SMILES string of the molecule is CC1(C)CC[C@@H]2[C@@H](O)C(=O)[C@]3(C)C(=CC[C@@H]4[C@@]5(C)C[C@H](O)[C@H](O[C@@H]6O[C@H](C(=O)O)[C@@H](O)[C@H](O)[C@H]6O)[C@@](C)(C(=O)O)[C@@H]5CC[C@]43C)[C@@H]2C1. The summed E-state index contributed by atoms with van der Waals surface area (Å²) in [6.45, 7) is 12.0. The van der Waals surface area contributed by atoms with Crippen molar-refractivity contribution in [1.82, 2.24) is 0 Å². The largest absolute Gasteiger partial charge is 0.481 e. The van der Waals surface area contributed by atoms with Crippen LogP contribution in [0.3, 0.4) is 0 Å². The van der Waals surface area contributed by atoms with Crippen molar-refractivity contribution in [3.8, 4) is 0 Å². The Balaban J connectivity index is 1.37. The van der Waals surface area contributed by atoms with E-state index in [0.717, 1.165) is 24.8 Å². The molecule has 1 heterocycles. The molecule has 0 unspecified atom stereocenters. The lowest BCUT2D eigenvalue weighted by Gasteiger charge is -2.70. The second-order valence-corrected chi connectivity index (χ2v) is 17.2. The lowest BCUT2D eigenvalue weighted by Crippen LogP contribution is -2.71. The van der Waals surface area contributed by atoms with E-state index in [9.17, 15) is 50.1 Å². The van der Waals surface area contributed by atoms with Gasteiger partial charge in [-0.05, 0) is 98.7 Å². The van der Waals surface area contributed by atoms with Crippen LogP contribution in [0, 0.1) is 50.7 Å². The molecule has 5 fully saturated rings. The topological polar surface area (TPSA) is 211 Å². The first-order valence-corrected chi connectivity index (χ1v) is 17.1. The highest BCUT2D eigenvalue weighted by Gasteiger charge is 2.73. The second-order valence-electron chi connectivity index (χ2n) is 17.2. The molecule has 4 saturated carbocycles. The molecule has 12 nitrogen and oxygen atoms in total. The van der Waals surface area contributed by atoms with Crippen LogP contribution in [-0.2, 0) is 23.9 Å². The van der Waals surface area contributed by atoms with Gasteiger partial charge < -0.3 is 45.2 Å². The zero-order valence-corrected chi connectivity index (χ0v) is 28.1. The summed E-state index contributed by atoms with van der Waals surface area (Å²) in [6.07, 6.45) is -7.22. The summed E-state index contributed by atoms with van der Waals surface area (Å²) in [5.41, 5.74) is -3.00. The van der Waals surface area contributed by atoms with Crippen LogP contribution in [0.2, 0.25) is 0 Å². The van der Waals surface area contributed by atoms with Crippen molar-refractivity contribution >= 4 is 17.7 Å². The molecule has 5 aliphatic carbocycles. The number of hydrogen-bond acceptors (Lipinski definition) is 10. The van der Waals surface area contributed by atoms with Gasteiger partial charge in [-0.2, -0.15) is 0 Å². The Kier molecular flexibility index (Phi) is 8.20. The summed E-state index contributed by atoms with van der Waals surface area (Å²) in [7, 11) is 0. The maximum atomic E-state index is 14.4. The molecule has 6 aliphatic rings. The fraction of sp³-hybridized carbons (Fsp3) is 0.857. The standard InChI is InChI=1S/C35H52O12/c1-31(2)11-9-15-16(13-31)17-7-8-19-32(3)14-18(36)27(47-29-24(40)22(38)23(39)25(46-29)28(42)43)34(5,30(44)45)20(32)10-12-33(19,4)35(17,6)26(41)21(15)37/h7,15-16,18-25,27,29,36-40H,8-14H2,1-6H3,(H,42,43)(H,44,45)/t15-,16+,18-,19+,20+,21+,22-,23-,24+,25-,27-,29-,32+,33+,34-,35-/m0/s1. The van der Waals surface area contributed by atoms with E-state index >= 15 is 0 Å². The van der Waals surface area contributed by atoms with E-state index in [-0.39, 0.29) is 35.4 Å². The van der Waals surface area contributed by atoms with Gasteiger partial charge in [0.05, 0.1) is 16.9 Å². The van der Waals surface area contributed by atoms with Crippen molar-refractivity contribution in [2.75, 3.05) is 0 Å². The Bertz CT molecular complexity index is 1360. The van der Waals surface area contributed by atoms with Gasteiger partial charge in [-0.1, -0.05) is 39.3 Å². The molecule has 0 bridgehead atoms. The average molecular weight is 665 g/mol. The van der Waals surface area contributed by atoms with Crippen LogP contribution in [0.15, 0.2) is 11.6 Å². The fourth-order valence-corrected chi connectivity index (χ4v) is 11.8. The molecular weight excluding hydrogens is 612 g/mol. The summed E-state index contributed by atoms with van der Waals surface area (Å²) in [5.74, 6) is -3.88. The van der Waals surface area contributed by atoms with E-state index < -0.39 is 88.5 Å². The number of rotatable bonds is 4. The zero-order chi connectivity index (χ0) is 34.8. The molecule has 47 heavy (non-hydrogen) atoms. The average Bonchev–Trinajstić information content (AvgIpc) is 2.97. The van der Waals surface area contributed by atoms with Gasteiger partial charge in [0.25, 0.3) is 0 Å². The molecule has 12 heteroatoms. The van der Waals surface area contributed by atoms with Gasteiger partial charge in [-0.15, -0.1) is 0 Å². The lowest BCUT2D eigenvalue weighted by atomic mass is 9.34. The highest BCUT2D eigenvalue weighted by molar-refractivity contribution is 5.94. The number of carboxylic acid groups (broad SMARTS) is 2. The summed E-state index contributed by atoms with van der Waals surface area (Å²) in [5, 5.41) is 74.8. The summed E-state index contributed by atoms with van der Waals surface area (Å²) < 4.78 is 11.3. The quantitative estimate of drug-likeness (QED) is 0.170. The predicted octanol–water partition coefficient (Wildman–Crippen LogP) is 1.88. The third-order valence-corrected chi connectivity index (χ3v) is 14.5. The Hall–Kier alpha value is -1.93. The summed E-state index contributed by atoms with van der Waals surface area (Å²) in [6, 6.07) is 0. The van der Waals surface area contributed by atoms with Gasteiger partial charge in [-0.25, -0.2) is 4.79 Å². The van der Waals surface area contributed by atoms with Gasteiger partial charge in [0.1, 0.15) is 30.5 Å². The van der Waals surface area contributed by atoms with Gasteiger partial charge in [0.2, 0.25) is 0 Å². The van der Waals surface area contributed by atoms with Crippen LogP contribution in [-0.4, -0.2) is 102 Å². The number of aliphatic carboxylic acids is 2. The van der Waals surface area contributed by atoms with Crippen molar-refractivity contribution in [3.05, 3.63) is 11.6 Å². The van der Waals surface area contributed by atoms with E-state index in [1.165, 1.54) is 6.92 Å². The third kappa shape index (κ3) is 4.61. The van der Waals surface area contributed by atoms with Crippen molar-refractivity contribution in [2.24, 2.45) is 50.7 Å². The summed E-state index contributed by atoms with van der Waals surface area (Å²) >= 11 is 0. The first-order valence-electron chi connectivity index (χ1n) is 17.1. The molecular formula is C35H52O12. The van der Waals surface area contributed by atoms with Crippen LogP contribution >= 0.6 is 0 Å². The number of fused-ring (bicyclic) bond motifs is 7. The molecule has 6 rings (SSSR count). The smallest absolute Gasteiger partial charge is 0.335 e. The number of aliphatic hydroxyl groups is 5. The minimum absolute atomic E-state index is 0.0733. The van der Waals surface area contributed by atoms with Gasteiger partial charge in [-0.3, -0.25) is 9.59 Å². The minimum Gasteiger partial charge on any atom is -0.481 e. The fourth-order valence-electron chi connectivity index (χ4n) is 11.8. The number of carbonyl (C=O) groups is 3. The van der Waals surface area contributed by atoms with E-state index in [1.54, 1.807) is 0 Å². The van der Waals surface area contributed by atoms with E-state index in [1.807, 2.05) is 13.8 Å². The van der Waals surface area contributed by atoms with Crippen LogP contribution in [0.4, 0.5) is 0 Å². The van der Waals surface area contributed by atoms with Crippen LogP contribution in [0.1, 0.15) is 86.5 Å². The number of allylic oxidation sites excluding steroid dienone is 2. The van der Waals surface area contributed by atoms with Crippen molar-refractivity contribution in [2.45, 2.75) is 136 Å². The van der Waals surface area contributed by atoms with Crippen LogP contribution < -0.4 is 0 Å². The molecule has 0 aromatic carbocycles. The molecule has 0 aromatic heterocycles. The maximum Gasteiger partial charge on any atom is 0.335 e. The Labute approximate surface area is 275 Å². The van der Waals surface area contributed by atoms with Gasteiger partial charge in [0, 0.05) is 0 Å². The number of aliphatic hydroxyl groups excluding tert-OH is 5. The monoisotopic (exact) mass is 664 g/mol. The molecule has 7 N–H and O–H groups in total. The molecule has 0 spiro atoms. The highest BCUT2D eigenvalue weighted by Crippen LogP contribution is 2.74. The van der Waals surface area contributed by atoms with Gasteiger partial charge >= 0.3 is 11.9 Å². The van der Waals surface area contributed by atoms with Crippen molar-refractivity contribution in [3.63, 3.8) is 0 Å². The molecule has 0 aromatic rings. The lowest BCUT2D eigenvalue weighted by molar-refractivity contribution is -0.335. The Morgan fingerprint density at radius 2 is 1.53 bits per heavy atom. The number of ether oxygens (including phenoxy) is 2. The zero-order valence-electron chi connectivity index (χ0n) is 28.1. The van der Waals surface area contributed by atoms with Crippen molar-refractivity contribution in [1.29, 1.82) is 0 Å². The molecule has 16 atom stereocenters. The van der Waals surface area contributed by atoms with Gasteiger partial charge in [0.15, 0.2) is 18.2 Å². The normalized spacial score (nSPS) is 53.9. The predicted molar refractivity (Wildman–Crippen MR) is 164 cm³/mol. The number of Topliss-reactive ketones (excluding diaryl/α,β-unsaturated/α-hetero) is 1. The Morgan fingerprint density at radius 1 is 0.872 bits per heavy atom. The second kappa shape index (κ2) is 11.0. The number of carbonyl (C=O) groups excluding carboxylic acids is 1. The minimum atomic E-state index is -1.95.